The lowest BCUT2D eigenvalue weighted by Crippen LogP contribution is -1.89. The van der Waals surface area contributed by atoms with Crippen molar-refractivity contribution in [3.63, 3.8) is 0 Å². The van der Waals surface area contributed by atoms with Gasteiger partial charge in [0.25, 0.3) is 0 Å². The summed E-state index contributed by atoms with van der Waals surface area (Å²) in [5.41, 5.74) is 4.24. The van der Waals surface area contributed by atoms with Gasteiger partial charge in [-0.05, 0) is 36.8 Å². The number of aromatic nitrogens is 2. The third kappa shape index (κ3) is 1.50. The highest BCUT2D eigenvalue weighted by Gasteiger charge is 2.07. The fourth-order valence-electron chi connectivity index (χ4n) is 2.66. The summed E-state index contributed by atoms with van der Waals surface area (Å²) in [5.74, 6) is 0. The second-order valence-electron chi connectivity index (χ2n) is 4.85. The average molecular weight is 244 g/mol. The molecule has 19 heavy (non-hydrogen) atoms. The molecule has 0 unspecified atom stereocenters. The smallest absolute Gasteiger partial charge is 0.0972 e. The van der Waals surface area contributed by atoms with Crippen molar-refractivity contribution in [3.05, 3.63) is 60.3 Å². The van der Waals surface area contributed by atoms with Crippen molar-refractivity contribution in [1.82, 2.24) is 9.97 Å². The first-order valence-electron chi connectivity index (χ1n) is 6.37. The average Bonchev–Trinajstić information content (AvgIpc) is 2.46. The summed E-state index contributed by atoms with van der Waals surface area (Å²) in [6.45, 7) is 2.12. The first-order valence-corrected chi connectivity index (χ1v) is 6.37. The van der Waals surface area contributed by atoms with Crippen molar-refractivity contribution in [2.75, 3.05) is 0 Å². The monoisotopic (exact) mass is 244 g/mol. The second-order valence-corrected chi connectivity index (χ2v) is 4.85. The van der Waals surface area contributed by atoms with Crippen molar-refractivity contribution in [3.8, 4) is 0 Å². The number of pyridine rings is 2. The topological polar surface area (TPSA) is 25.8 Å². The van der Waals surface area contributed by atoms with Crippen LogP contribution < -0.4 is 0 Å². The standard InChI is InChI=1S/C17H12N2/c1-11-9-13-10-12-5-2-3-7-15(12)19-16(13)17-14(11)6-4-8-18-17/h2-10H,1H3. The van der Waals surface area contributed by atoms with Crippen molar-refractivity contribution >= 4 is 32.7 Å². The number of nitrogens with zero attached hydrogens (tertiary/aromatic N) is 2. The van der Waals surface area contributed by atoms with Gasteiger partial charge in [-0.15, -0.1) is 0 Å². The molecule has 4 rings (SSSR count). The van der Waals surface area contributed by atoms with E-state index in [0.717, 1.165) is 21.9 Å². The number of aryl methyl sites for hydroxylation is 1. The molecular formula is C17H12N2. The van der Waals surface area contributed by atoms with Gasteiger partial charge in [-0.1, -0.05) is 24.3 Å². The van der Waals surface area contributed by atoms with E-state index in [9.17, 15) is 0 Å². The number of para-hydroxylation sites is 1. The molecule has 0 fully saturated rings. The van der Waals surface area contributed by atoms with Gasteiger partial charge < -0.3 is 0 Å². The molecule has 0 saturated heterocycles. The molecule has 0 amide bonds. The molecule has 2 aromatic heterocycles. The molecular weight excluding hydrogens is 232 g/mol. The number of rotatable bonds is 0. The van der Waals surface area contributed by atoms with Gasteiger partial charge >= 0.3 is 0 Å². The van der Waals surface area contributed by atoms with Crippen molar-refractivity contribution in [2.45, 2.75) is 6.92 Å². The van der Waals surface area contributed by atoms with Crippen LogP contribution in [0.4, 0.5) is 0 Å². The number of benzene rings is 2. The molecule has 2 nitrogen and oxygen atoms in total. The Bertz CT molecular complexity index is 926. The highest BCUT2D eigenvalue weighted by atomic mass is 14.7. The Balaban J connectivity index is 2.29. The maximum Gasteiger partial charge on any atom is 0.0972 e. The fraction of sp³-hybridized carbons (Fsp3) is 0.0588. The molecule has 4 aromatic rings. The van der Waals surface area contributed by atoms with Crippen LogP contribution in [-0.4, -0.2) is 9.97 Å². The van der Waals surface area contributed by atoms with Crippen molar-refractivity contribution < 1.29 is 0 Å². The third-order valence-electron chi connectivity index (χ3n) is 3.58. The van der Waals surface area contributed by atoms with Crippen LogP contribution in [0.3, 0.4) is 0 Å². The Morgan fingerprint density at radius 3 is 2.68 bits per heavy atom. The minimum Gasteiger partial charge on any atom is -0.254 e. The molecule has 90 valence electrons. The molecule has 0 aliphatic carbocycles. The SMILES string of the molecule is Cc1cc2cc3ccccc3nc2c2ncccc12. The van der Waals surface area contributed by atoms with Crippen molar-refractivity contribution in [1.29, 1.82) is 0 Å². The largest absolute Gasteiger partial charge is 0.254 e. The molecule has 2 aromatic carbocycles. The third-order valence-corrected chi connectivity index (χ3v) is 3.58. The van der Waals surface area contributed by atoms with E-state index >= 15 is 0 Å². The van der Waals surface area contributed by atoms with Gasteiger partial charge in [0.15, 0.2) is 0 Å². The van der Waals surface area contributed by atoms with E-state index in [2.05, 4.69) is 36.2 Å². The lowest BCUT2D eigenvalue weighted by molar-refractivity contribution is 1.39. The highest BCUT2D eigenvalue weighted by molar-refractivity contribution is 6.07. The summed E-state index contributed by atoms with van der Waals surface area (Å²) >= 11 is 0. The summed E-state index contributed by atoms with van der Waals surface area (Å²) in [5, 5.41) is 3.50. The van der Waals surface area contributed by atoms with Crippen LogP contribution in [-0.2, 0) is 0 Å². The number of fused-ring (bicyclic) bond motifs is 4. The van der Waals surface area contributed by atoms with Crippen molar-refractivity contribution in [2.24, 2.45) is 0 Å². The Morgan fingerprint density at radius 2 is 1.74 bits per heavy atom. The van der Waals surface area contributed by atoms with Gasteiger partial charge in [-0.25, -0.2) is 4.98 Å². The maximum atomic E-state index is 4.78. The maximum absolute atomic E-state index is 4.78. The zero-order chi connectivity index (χ0) is 12.8. The second kappa shape index (κ2) is 3.75. The van der Waals surface area contributed by atoms with Crippen LogP contribution in [0.2, 0.25) is 0 Å². The molecule has 0 aliphatic heterocycles. The molecule has 0 N–H and O–H groups in total. The van der Waals surface area contributed by atoms with E-state index in [1.807, 2.05) is 30.5 Å². The van der Waals surface area contributed by atoms with Crippen LogP contribution in [0, 0.1) is 6.92 Å². The molecule has 0 atom stereocenters. The predicted molar refractivity (Wildman–Crippen MR) is 79.3 cm³/mol. The zero-order valence-electron chi connectivity index (χ0n) is 10.6. The van der Waals surface area contributed by atoms with E-state index in [0.29, 0.717) is 0 Å². The summed E-state index contributed by atoms with van der Waals surface area (Å²) in [6, 6.07) is 16.7. The quantitative estimate of drug-likeness (QED) is 0.341. The highest BCUT2D eigenvalue weighted by Crippen LogP contribution is 2.27. The van der Waals surface area contributed by atoms with E-state index in [1.165, 1.54) is 16.3 Å². The number of hydrogen-bond donors (Lipinski definition) is 0. The van der Waals surface area contributed by atoms with Gasteiger partial charge in [0, 0.05) is 22.4 Å². The molecule has 0 aliphatic rings. The van der Waals surface area contributed by atoms with Crippen LogP contribution in [0.15, 0.2) is 54.7 Å². The Hall–Kier alpha value is -2.48. The summed E-state index contributed by atoms with van der Waals surface area (Å²) in [4.78, 5) is 9.30. The Labute approximate surface area is 110 Å². The first kappa shape index (κ1) is 10.4. The molecule has 0 bridgehead atoms. The van der Waals surface area contributed by atoms with Gasteiger partial charge in [0.2, 0.25) is 0 Å². The van der Waals surface area contributed by atoms with Crippen LogP contribution in [0.1, 0.15) is 5.56 Å². The molecule has 0 saturated carbocycles. The predicted octanol–water partition coefficient (Wildman–Crippen LogP) is 4.24. The van der Waals surface area contributed by atoms with Crippen LogP contribution >= 0.6 is 0 Å². The van der Waals surface area contributed by atoms with E-state index in [-0.39, 0.29) is 0 Å². The Kier molecular flexibility index (Phi) is 2.06. The zero-order valence-corrected chi connectivity index (χ0v) is 10.6. The molecule has 2 heterocycles. The van der Waals surface area contributed by atoms with Gasteiger partial charge in [0.1, 0.15) is 0 Å². The van der Waals surface area contributed by atoms with E-state index < -0.39 is 0 Å². The summed E-state index contributed by atoms with van der Waals surface area (Å²) in [6.07, 6.45) is 1.83. The Morgan fingerprint density at radius 1 is 0.842 bits per heavy atom. The normalized spacial score (nSPS) is 11.4. The lowest BCUT2D eigenvalue weighted by atomic mass is 10.0. The summed E-state index contributed by atoms with van der Waals surface area (Å²) in [7, 11) is 0. The minimum atomic E-state index is 0.986. The van der Waals surface area contributed by atoms with E-state index in [1.54, 1.807) is 0 Å². The number of hydrogen-bond acceptors (Lipinski definition) is 2. The van der Waals surface area contributed by atoms with Crippen LogP contribution in [0.25, 0.3) is 32.7 Å². The first-order chi connectivity index (χ1) is 9.33. The van der Waals surface area contributed by atoms with Crippen LogP contribution in [0.5, 0.6) is 0 Å². The van der Waals surface area contributed by atoms with Gasteiger partial charge in [-0.2, -0.15) is 0 Å². The van der Waals surface area contributed by atoms with Gasteiger partial charge in [-0.3, -0.25) is 4.98 Å². The molecule has 0 radical (unpaired) electrons. The molecule has 0 spiro atoms. The lowest BCUT2D eigenvalue weighted by Gasteiger charge is -2.07. The van der Waals surface area contributed by atoms with Gasteiger partial charge in [0.05, 0.1) is 16.6 Å². The molecule has 2 heteroatoms. The fourth-order valence-corrected chi connectivity index (χ4v) is 2.66. The summed E-state index contributed by atoms with van der Waals surface area (Å²) < 4.78 is 0. The van der Waals surface area contributed by atoms with E-state index in [4.69, 9.17) is 4.98 Å². The minimum absolute atomic E-state index is 0.986.